The quantitative estimate of drug-likeness (QED) is 0.720. The highest BCUT2D eigenvalue weighted by Crippen LogP contribution is 2.68. The minimum absolute atomic E-state index is 0.281. The Morgan fingerprint density at radius 3 is 2.82 bits per heavy atom. The fourth-order valence-corrected chi connectivity index (χ4v) is 6.34. The third-order valence-corrected chi connectivity index (χ3v) is 7.72. The molecule has 1 aliphatic heterocycles. The zero-order valence-electron chi connectivity index (χ0n) is 13.7. The van der Waals surface area contributed by atoms with Crippen molar-refractivity contribution in [3.8, 4) is 5.75 Å². The van der Waals surface area contributed by atoms with Crippen LogP contribution in [0.1, 0.15) is 56.1 Å². The van der Waals surface area contributed by atoms with E-state index in [9.17, 15) is 0 Å². The Hall–Kier alpha value is -1.02. The second-order valence-electron chi connectivity index (χ2n) is 8.26. The molecule has 2 heteroatoms. The first kappa shape index (κ1) is 13.4. The summed E-state index contributed by atoms with van der Waals surface area (Å²) in [5, 5.41) is 0. The Morgan fingerprint density at radius 1 is 1.18 bits per heavy atom. The highest BCUT2D eigenvalue weighted by molar-refractivity contribution is 5.41. The summed E-state index contributed by atoms with van der Waals surface area (Å²) in [6, 6.07) is 6.79. The van der Waals surface area contributed by atoms with E-state index in [0.717, 1.165) is 30.1 Å². The second-order valence-corrected chi connectivity index (χ2v) is 8.26. The smallest absolute Gasteiger partial charge is 0.119 e. The van der Waals surface area contributed by atoms with E-state index in [4.69, 9.17) is 9.47 Å². The van der Waals surface area contributed by atoms with Gasteiger partial charge in [0.25, 0.3) is 0 Å². The molecule has 1 aromatic carbocycles. The van der Waals surface area contributed by atoms with Crippen LogP contribution in [-0.4, -0.2) is 19.3 Å². The summed E-state index contributed by atoms with van der Waals surface area (Å²) in [5.74, 6) is 3.55. The summed E-state index contributed by atoms with van der Waals surface area (Å²) in [6.45, 7) is 3.57. The number of fused-ring (bicyclic) bond motifs is 6. The third kappa shape index (κ3) is 1.55. The van der Waals surface area contributed by atoms with E-state index in [1.807, 2.05) is 0 Å². The molecule has 0 unspecified atom stereocenters. The van der Waals surface area contributed by atoms with E-state index in [0.29, 0.717) is 5.41 Å². The number of aryl methyl sites for hydroxylation is 1. The lowest BCUT2D eigenvalue weighted by Gasteiger charge is -2.50. The van der Waals surface area contributed by atoms with Gasteiger partial charge in [0.15, 0.2) is 0 Å². The van der Waals surface area contributed by atoms with Crippen molar-refractivity contribution in [3.63, 3.8) is 0 Å². The summed E-state index contributed by atoms with van der Waals surface area (Å²) in [7, 11) is 1.77. The molecule has 0 N–H and O–H groups in total. The SMILES string of the molecule is COc1ccc2c(c1)CC[C@@H]1[C@@H]2CC[C@@]2(C)[C@@H]1CC[C@@]21CO1. The van der Waals surface area contributed by atoms with Gasteiger partial charge < -0.3 is 9.47 Å². The molecule has 1 aromatic rings. The van der Waals surface area contributed by atoms with E-state index < -0.39 is 0 Å². The molecule has 3 fully saturated rings. The van der Waals surface area contributed by atoms with Crippen molar-refractivity contribution in [2.75, 3.05) is 13.7 Å². The van der Waals surface area contributed by atoms with Crippen molar-refractivity contribution < 1.29 is 9.47 Å². The third-order valence-electron chi connectivity index (χ3n) is 7.72. The van der Waals surface area contributed by atoms with Crippen molar-refractivity contribution in [2.45, 2.75) is 57.0 Å². The monoisotopic (exact) mass is 298 g/mol. The van der Waals surface area contributed by atoms with Gasteiger partial charge in [0.1, 0.15) is 5.75 Å². The summed E-state index contributed by atoms with van der Waals surface area (Å²) in [6.07, 6.45) is 8.00. The molecule has 0 aromatic heterocycles. The fourth-order valence-electron chi connectivity index (χ4n) is 6.34. The largest absolute Gasteiger partial charge is 0.497 e. The zero-order valence-corrected chi connectivity index (χ0v) is 13.7. The normalized spacial score (nSPS) is 45.1. The minimum Gasteiger partial charge on any atom is -0.497 e. The number of rotatable bonds is 1. The Balaban J connectivity index is 1.51. The maximum atomic E-state index is 5.99. The summed E-state index contributed by atoms with van der Waals surface area (Å²) < 4.78 is 11.4. The molecule has 3 aliphatic carbocycles. The molecule has 1 heterocycles. The lowest BCUT2D eigenvalue weighted by molar-refractivity contribution is 0.0121. The number of benzene rings is 1. The number of methoxy groups -OCH3 is 1. The molecular weight excluding hydrogens is 272 g/mol. The molecule has 0 bridgehead atoms. The van der Waals surface area contributed by atoms with Gasteiger partial charge >= 0.3 is 0 Å². The fraction of sp³-hybridized carbons (Fsp3) is 0.700. The molecular formula is C20H26O2. The van der Waals surface area contributed by atoms with Crippen LogP contribution in [0, 0.1) is 17.3 Å². The molecule has 1 saturated heterocycles. The summed E-state index contributed by atoms with van der Waals surface area (Å²) in [4.78, 5) is 0. The van der Waals surface area contributed by atoms with Gasteiger partial charge in [-0.15, -0.1) is 0 Å². The van der Waals surface area contributed by atoms with Gasteiger partial charge in [0, 0.05) is 5.41 Å². The Bertz CT molecular complexity index is 618. The van der Waals surface area contributed by atoms with Crippen LogP contribution in [-0.2, 0) is 11.2 Å². The summed E-state index contributed by atoms with van der Waals surface area (Å²) in [5.41, 5.74) is 3.90. The molecule has 2 nitrogen and oxygen atoms in total. The van der Waals surface area contributed by atoms with Crippen LogP contribution in [0.15, 0.2) is 18.2 Å². The van der Waals surface area contributed by atoms with E-state index in [2.05, 4.69) is 25.1 Å². The standard InChI is InChI=1S/C20H26O2/c1-19-9-7-16-15-6-4-14(21-2)11-13(15)3-5-17(16)18(19)8-10-20(19)12-22-20/h4,6,11,16-18H,3,5,7-10,12H2,1-2H3/t16-,17-,18-,19+,20-/m1/s1. The average Bonchev–Trinajstić information content (AvgIpc) is 3.28. The second kappa shape index (κ2) is 4.29. The first-order valence-electron chi connectivity index (χ1n) is 8.98. The first-order valence-corrected chi connectivity index (χ1v) is 8.98. The number of epoxide rings is 1. The van der Waals surface area contributed by atoms with Crippen molar-refractivity contribution >= 4 is 0 Å². The van der Waals surface area contributed by atoms with Gasteiger partial charge in [-0.3, -0.25) is 0 Å². The Morgan fingerprint density at radius 2 is 2.05 bits per heavy atom. The highest BCUT2D eigenvalue weighted by Gasteiger charge is 2.68. The van der Waals surface area contributed by atoms with Crippen LogP contribution in [0.2, 0.25) is 0 Å². The van der Waals surface area contributed by atoms with E-state index in [1.165, 1.54) is 38.5 Å². The molecule has 0 radical (unpaired) electrons. The van der Waals surface area contributed by atoms with Crippen molar-refractivity contribution in [2.24, 2.45) is 17.3 Å². The topological polar surface area (TPSA) is 21.8 Å². The lowest BCUT2D eigenvalue weighted by atomic mass is 9.54. The van der Waals surface area contributed by atoms with E-state index >= 15 is 0 Å². The first-order chi connectivity index (χ1) is 10.7. The van der Waals surface area contributed by atoms with Gasteiger partial charge in [-0.25, -0.2) is 0 Å². The van der Waals surface area contributed by atoms with Crippen molar-refractivity contribution in [1.82, 2.24) is 0 Å². The minimum atomic E-state index is 0.281. The Kier molecular flexibility index (Phi) is 2.61. The van der Waals surface area contributed by atoms with Gasteiger partial charge in [-0.1, -0.05) is 13.0 Å². The van der Waals surface area contributed by atoms with Crippen molar-refractivity contribution in [3.05, 3.63) is 29.3 Å². The maximum absolute atomic E-state index is 5.99. The van der Waals surface area contributed by atoms with Gasteiger partial charge in [0.05, 0.1) is 19.3 Å². The van der Waals surface area contributed by atoms with Crippen molar-refractivity contribution in [1.29, 1.82) is 0 Å². The zero-order chi connectivity index (χ0) is 14.9. The number of ether oxygens (including phenoxy) is 2. The van der Waals surface area contributed by atoms with Gasteiger partial charge in [-0.05, 0) is 79.5 Å². The lowest BCUT2D eigenvalue weighted by Crippen LogP contribution is -2.45. The van der Waals surface area contributed by atoms with Crippen LogP contribution in [0.4, 0.5) is 0 Å². The van der Waals surface area contributed by atoms with Gasteiger partial charge in [0.2, 0.25) is 0 Å². The molecule has 1 spiro atoms. The summed E-state index contributed by atoms with van der Waals surface area (Å²) >= 11 is 0. The van der Waals surface area contributed by atoms with Crippen LogP contribution in [0.3, 0.4) is 0 Å². The molecule has 118 valence electrons. The predicted octanol–water partition coefficient (Wildman–Crippen LogP) is 4.32. The number of hydrogen-bond donors (Lipinski definition) is 0. The van der Waals surface area contributed by atoms with Crippen LogP contribution in [0.5, 0.6) is 5.75 Å². The molecule has 2 saturated carbocycles. The molecule has 4 aliphatic rings. The maximum Gasteiger partial charge on any atom is 0.119 e. The molecule has 5 rings (SSSR count). The molecule has 22 heavy (non-hydrogen) atoms. The predicted molar refractivity (Wildman–Crippen MR) is 86.3 cm³/mol. The molecule has 5 atom stereocenters. The van der Waals surface area contributed by atoms with Crippen LogP contribution in [0.25, 0.3) is 0 Å². The Labute approximate surface area is 133 Å². The average molecular weight is 298 g/mol. The highest BCUT2D eigenvalue weighted by atomic mass is 16.6. The molecule has 0 amide bonds. The van der Waals surface area contributed by atoms with E-state index in [1.54, 1.807) is 18.2 Å². The van der Waals surface area contributed by atoms with Crippen LogP contribution < -0.4 is 4.74 Å². The van der Waals surface area contributed by atoms with Gasteiger partial charge in [-0.2, -0.15) is 0 Å². The van der Waals surface area contributed by atoms with E-state index in [-0.39, 0.29) is 5.60 Å². The van der Waals surface area contributed by atoms with Crippen LogP contribution >= 0.6 is 0 Å². The number of hydrogen-bond acceptors (Lipinski definition) is 2.